The summed E-state index contributed by atoms with van der Waals surface area (Å²) in [6, 6.07) is 8.07. The number of benzene rings is 1. The molecule has 1 atom stereocenters. The summed E-state index contributed by atoms with van der Waals surface area (Å²) in [6.45, 7) is 8.88. The third kappa shape index (κ3) is 7.22. The monoisotopic (exact) mass is 607 g/mol. The molecule has 6 rings (SSSR count). The minimum absolute atomic E-state index is 0.0841. The number of pyridine rings is 1. The summed E-state index contributed by atoms with van der Waals surface area (Å²) in [4.78, 5) is 32.7. The van der Waals surface area contributed by atoms with Crippen molar-refractivity contribution in [3.63, 3.8) is 0 Å². The lowest BCUT2D eigenvalue weighted by Gasteiger charge is -2.31. The van der Waals surface area contributed by atoms with E-state index in [2.05, 4.69) is 42.4 Å². The van der Waals surface area contributed by atoms with Gasteiger partial charge in [0.1, 0.15) is 11.4 Å². The second kappa shape index (κ2) is 14.2. The van der Waals surface area contributed by atoms with Crippen LogP contribution in [0.3, 0.4) is 0 Å². The van der Waals surface area contributed by atoms with Gasteiger partial charge in [0.05, 0.1) is 30.5 Å². The molecule has 0 bridgehead atoms. The number of ether oxygens (including phenoxy) is 1. The molecule has 0 aliphatic carbocycles. The number of carbonyl (C=O) groups is 1. The number of likely N-dealkylation sites (tertiary alicyclic amines) is 1. The molecule has 1 aromatic carbocycles. The van der Waals surface area contributed by atoms with Crippen molar-refractivity contribution in [2.24, 2.45) is 0 Å². The van der Waals surface area contributed by atoms with Gasteiger partial charge in [0.2, 0.25) is 5.91 Å². The molecule has 1 amide bonds. The molecule has 3 saturated heterocycles. The standard InChI is InChI=1S/C32H45N7O3S/c1-42-28-8-7-24-6-4-11-34-30(24)31(28)38-16-5-15-37(20-21-38)27(22-29(41)33-12-19-36-13-2-3-14-36)26-23-43-32(35-26)39-17-9-25(40)10-18-39/h4,6-8,11,23,25,27,40H,2-3,5,9-10,12-22H2,1H3,(H,33,41). The van der Waals surface area contributed by atoms with Crippen LogP contribution in [0, 0.1) is 0 Å². The first-order valence-corrected chi connectivity index (χ1v) is 16.7. The van der Waals surface area contributed by atoms with E-state index in [1.54, 1.807) is 18.4 Å². The first-order valence-electron chi connectivity index (χ1n) is 15.9. The fourth-order valence-corrected chi connectivity index (χ4v) is 7.64. The number of hydrogen-bond acceptors (Lipinski definition) is 10. The normalized spacial score (nSPS) is 20.0. The van der Waals surface area contributed by atoms with Gasteiger partial charge < -0.3 is 29.9 Å². The van der Waals surface area contributed by atoms with Gasteiger partial charge in [-0.3, -0.25) is 14.7 Å². The van der Waals surface area contributed by atoms with Gasteiger partial charge in [-0.25, -0.2) is 4.98 Å². The topological polar surface area (TPSA) is 97.3 Å². The minimum atomic E-state index is -0.219. The fraction of sp³-hybridized carbons (Fsp3) is 0.594. The molecular formula is C32H45N7O3S. The van der Waals surface area contributed by atoms with Crippen LogP contribution >= 0.6 is 11.3 Å². The number of anilines is 2. The van der Waals surface area contributed by atoms with Gasteiger partial charge in [-0.05, 0) is 63.4 Å². The van der Waals surface area contributed by atoms with Crippen molar-refractivity contribution >= 4 is 39.0 Å². The maximum Gasteiger partial charge on any atom is 0.222 e. The van der Waals surface area contributed by atoms with Crippen LogP contribution in [0.25, 0.3) is 10.9 Å². The quantitative estimate of drug-likeness (QED) is 0.359. The molecule has 3 fully saturated rings. The number of fused-ring (bicyclic) bond motifs is 1. The summed E-state index contributed by atoms with van der Waals surface area (Å²) >= 11 is 1.65. The van der Waals surface area contributed by atoms with Gasteiger partial charge in [0.15, 0.2) is 5.13 Å². The number of methoxy groups -OCH3 is 1. The molecule has 0 spiro atoms. The van der Waals surface area contributed by atoms with E-state index < -0.39 is 0 Å². The van der Waals surface area contributed by atoms with Crippen molar-refractivity contribution in [2.45, 2.75) is 50.7 Å². The number of carbonyl (C=O) groups excluding carboxylic acids is 1. The van der Waals surface area contributed by atoms with E-state index >= 15 is 0 Å². The highest BCUT2D eigenvalue weighted by atomic mass is 32.1. The molecule has 3 aliphatic rings. The zero-order valence-electron chi connectivity index (χ0n) is 25.3. The van der Waals surface area contributed by atoms with E-state index in [0.29, 0.717) is 13.0 Å². The van der Waals surface area contributed by atoms with Gasteiger partial charge in [-0.2, -0.15) is 0 Å². The number of amides is 1. The number of aliphatic hydroxyl groups excluding tert-OH is 1. The zero-order valence-corrected chi connectivity index (χ0v) is 26.1. The van der Waals surface area contributed by atoms with Crippen molar-refractivity contribution in [1.82, 2.24) is 25.1 Å². The molecule has 43 heavy (non-hydrogen) atoms. The average Bonchev–Trinajstić information content (AvgIpc) is 3.68. The summed E-state index contributed by atoms with van der Waals surface area (Å²) in [7, 11) is 1.72. The third-order valence-electron chi connectivity index (χ3n) is 9.13. The maximum atomic E-state index is 13.3. The Morgan fingerprint density at radius 2 is 1.88 bits per heavy atom. The Balaban J connectivity index is 1.19. The predicted molar refractivity (Wildman–Crippen MR) is 172 cm³/mol. The number of nitrogens with one attached hydrogen (secondary N) is 1. The average molecular weight is 608 g/mol. The second-order valence-electron chi connectivity index (χ2n) is 12.0. The number of rotatable bonds is 10. The Kier molecular flexibility index (Phi) is 9.92. The van der Waals surface area contributed by atoms with Gasteiger partial charge in [0.25, 0.3) is 0 Å². The Bertz CT molecular complexity index is 1360. The summed E-state index contributed by atoms with van der Waals surface area (Å²) in [5.41, 5.74) is 2.97. The molecule has 232 valence electrons. The SMILES string of the molecule is COc1ccc2cccnc2c1N1CCCN(C(CC(=O)NCCN2CCCC2)c2csc(N3CCC(O)CC3)n2)CC1. The molecule has 3 aromatic rings. The van der Waals surface area contributed by atoms with Gasteiger partial charge in [-0.1, -0.05) is 6.07 Å². The lowest BCUT2D eigenvalue weighted by molar-refractivity contribution is -0.122. The molecule has 5 heterocycles. The van der Waals surface area contributed by atoms with E-state index in [4.69, 9.17) is 14.7 Å². The second-order valence-corrected chi connectivity index (χ2v) is 12.8. The lowest BCUT2D eigenvalue weighted by atomic mass is 10.1. The molecule has 0 saturated carbocycles. The number of aliphatic hydroxyl groups is 1. The van der Waals surface area contributed by atoms with E-state index in [9.17, 15) is 9.90 Å². The lowest BCUT2D eigenvalue weighted by Crippen LogP contribution is -2.39. The fourth-order valence-electron chi connectivity index (χ4n) is 6.71. The molecule has 10 nitrogen and oxygen atoms in total. The molecule has 0 radical (unpaired) electrons. The zero-order chi connectivity index (χ0) is 29.6. The Hall–Kier alpha value is -2.99. The molecular weight excluding hydrogens is 562 g/mol. The van der Waals surface area contributed by atoms with Crippen LogP contribution in [-0.4, -0.2) is 109 Å². The highest BCUT2D eigenvalue weighted by Gasteiger charge is 2.30. The Morgan fingerprint density at radius 3 is 2.70 bits per heavy atom. The van der Waals surface area contributed by atoms with Crippen molar-refractivity contribution in [2.75, 3.05) is 82.4 Å². The number of hydrogen-bond donors (Lipinski definition) is 2. The first-order chi connectivity index (χ1) is 21.1. The molecule has 1 unspecified atom stereocenters. The minimum Gasteiger partial charge on any atom is -0.494 e. The highest BCUT2D eigenvalue weighted by molar-refractivity contribution is 7.13. The van der Waals surface area contributed by atoms with Crippen LogP contribution < -0.4 is 19.9 Å². The van der Waals surface area contributed by atoms with E-state index in [-0.39, 0.29) is 18.1 Å². The Labute approximate surface area is 258 Å². The smallest absolute Gasteiger partial charge is 0.222 e. The summed E-state index contributed by atoms with van der Waals surface area (Å²) in [6.07, 6.45) is 7.02. The Morgan fingerprint density at radius 1 is 1.05 bits per heavy atom. The summed E-state index contributed by atoms with van der Waals surface area (Å²) < 4.78 is 5.80. The van der Waals surface area contributed by atoms with E-state index in [1.807, 2.05) is 18.3 Å². The van der Waals surface area contributed by atoms with E-state index in [1.165, 1.54) is 12.8 Å². The van der Waals surface area contributed by atoms with Crippen LogP contribution in [0.2, 0.25) is 0 Å². The van der Waals surface area contributed by atoms with Crippen molar-refractivity contribution < 1.29 is 14.6 Å². The number of aromatic nitrogens is 2. The van der Waals surface area contributed by atoms with Gasteiger partial charge >= 0.3 is 0 Å². The first kappa shape index (κ1) is 30.1. The van der Waals surface area contributed by atoms with E-state index in [0.717, 1.165) is 111 Å². The van der Waals surface area contributed by atoms with Crippen molar-refractivity contribution in [3.05, 3.63) is 41.5 Å². The third-order valence-corrected chi connectivity index (χ3v) is 10.1. The van der Waals surface area contributed by atoms with Gasteiger partial charge in [-0.15, -0.1) is 11.3 Å². The number of piperidine rings is 1. The van der Waals surface area contributed by atoms with Crippen LogP contribution in [0.15, 0.2) is 35.8 Å². The summed E-state index contributed by atoms with van der Waals surface area (Å²) in [5, 5.41) is 17.4. The number of nitrogens with zero attached hydrogens (tertiary/aromatic N) is 6. The molecule has 11 heteroatoms. The van der Waals surface area contributed by atoms with Crippen LogP contribution in [0.5, 0.6) is 5.75 Å². The van der Waals surface area contributed by atoms with Crippen LogP contribution in [0.1, 0.15) is 50.3 Å². The molecule has 3 aliphatic heterocycles. The van der Waals surface area contributed by atoms with Crippen LogP contribution in [-0.2, 0) is 4.79 Å². The van der Waals surface area contributed by atoms with Gasteiger partial charge in [0, 0.05) is 75.7 Å². The summed E-state index contributed by atoms with van der Waals surface area (Å²) in [5.74, 6) is 0.922. The van der Waals surface area contributed by atoms with Crippen molar-refractivity contribution in [1.29, 1.82) is 0 Å². The van der Waals surface area contributed by atoms with Crippen molar-refractivity contribution in [3.8, 4) is 5.75 Å². The number of thiazole rings is 1. The largest absolute Gasteiger partial charge is 0.494 e. The highest BCUT2D eigenvalue weighted by Crippen LogP contribution is 2.37. The van der Waals surface area contributed by atoms with Crippen LogP contribution in [0.4, 0.5) is 10.8 Å². The maximum absolute atomic E-state index is 13.3. The molecule has 2 aromatic heterocycles. The molecule has 2 N–H and O–H groups in total. The predicted octanol–water partition coefficient (Wildman–Crippen LogP) is 3.52.